The molecule has 6 nitrogen and oxygen atoms in total. The van der Waals surface area contributed by atoms with E-state index in [0.29, 0.717) is 5.56 Å². The second kappa shape index (κ2) is 4.85. The van der Waals surface area contributed by atoms with E-state index in [1.807, 2.05) is 0 Å². The van der Waals surface area contributed by atoms with E-state index in [1.165, 1.54) is 0 Å². The molecule has 7 heteroatoms. The van der Waals surface area contributed by atoms with Gasteiger partial charge >= 0.3 is 11.9 Å². The van der Waals surface area contributed by atoms with Crippen molar-refractivity contribution in [1.82, 2.24) is 4.98 Å². The number of carboxylic acid groups (broad SMARTS) is 2. The van der Waals surface area contributed by atoms with Crippen LogP contribution < -0.4 is 0 Å². The molecule has 0 aliphatic heterocycles. The maximum Gasteiger partial charge on any atom is 0.374 e. The molecule has 2 N–H and O–H groups in total. The first-order chi connectivity index (χ1) is 8.91. The van der Waals surface area contributed by atoms with Crippen LogP contribution in [-0.2, 0) is 0 Å². The molecule has 0 spiro atoms. The van der Waals surface area contributed by atoms with Crippen molar-refractivity contribution in [3.8, 4) is 11.5 Å². The van der Waals surface area contributed by atoms with Crippen LogP contribution in [0, 0.1) is 6.92 Å². The van der Waals surface area contributed by atoms with E-state index in [1.54, 1.807) is 25.1 Å². The second-order valence-corrected chi connectivity index (χ2v) is 4.57. The van der Waals surface area contributed by atoms with Gasteiger partial charge in [0, 0.05) is 10.0 Å². The van der Waals surface area contributed by atoms with Crippen molar-refractivity contribution in [2.24, 2.45) is 0 Å². The number of benzene rings is 1. The Morgan fingerprint density at radius 1 is 1.26 bits per heavy atom. The number of aromatic nitrogens is 1. The highest BCUT2D eigenvalue weighted by molar-refractivity contribution is 9.10. The third-order valence-corrected chi connectivity index (χ3v) is 3.38. The minimum absolute atomic E-state index is 0.0337. The van der Waals surface area contributed by atoms with Crippen molar-refractivity contribution < 1.29 is 24.2 Å². The number of carbonyl (C=O) groups is 2. The van der Waals surface area contributed by atoms with Gasteiger partial charge in [-0.1, -0.05) is 22.0 Å². The standard InChI is InChI=1S/C12H8BrNO5/c1-5-6(3-2-4-7(5)13)10-14-8(11(15)16)9(19-10)12(17)18/h2-4H,1H3,(H,15,16)(H,17,18). The summed E-state index contributed by atoms with van der Waals surface area (Å²) in [4.78, 5) is 25.6. The molecule has 0 fully saturated rings. The fraction of sp³-hybridized carbons (Fsp3) is 0.0833. The average molecular weight is 326 g/mol. The lowest BCUT2D eigenvalue weighted by molar-refractivity contribution is 0.0624. The molecule has 1 aromatic carbocycles. The molecule has 0 bridgehead atoms. The number of rotatable bonds is 3. The number of carboxylic acids is 2. The Hall–Kier alpha value is -2.15. The van der Waals surface area contributed by atoms with Gasteiger partial charge in [-0.3, -0.25) is 0 Å². The molecule has 0 radical (unpaired) electrons. The van der Waals surface area contributed by atoms with Crippen LogP contribution in [0.4, 0.5) is 0 Å². The zero-order valence-electron chi connectivity index (χ0n) is 9.68. The summed E-state index contributed by atoms with van der Waals surface area (Å²) in [5.41, 5.74) is 0.698. The highest BCUT2D eigenvalue weighted by Gasteiger charge is 2.26. The summed E-state index contributed by atoms with van der Waals surface area (Å²) in [5.74, 6) is -3.63. The smallest absolute Gasteiger partial charge is 0.374 e. The van der Waals surface area contributed by atoms with E-state index in [-0.39, 0.29) is 5.89 Å². The molecule has 0 amide bonds. The Balaban J connectivity index is 2.64. The molecule has 2 aromatic rings. The molecule has 19 heavy (non-hydrogen) atoms. The van der Waals surface area contributed by atoms with E-state index in [4.69, 9.17) is 14.6 Å². The zero-order valence-corrected chi connectivity index (χ0v) is 11.3. The van der Waals surface area contributed by atoms with Crippen molar-refractivity contribution in [2.45, 2.75) is 6.92 Å². The summed E-state index contributed by atoms with van der Waals surface area (Å²) < 4.78 is 5.84. The zero-order chi connectivity index (χ0) is 14.2. The van der Waals surface area contributed by atoms with Crippen molar-refractivity contribution in [1.29, 1.82) is 0 Å². The minimum atomic E-state index is -1.47. The Morgan fingerprint density at radius 2 is 1.95 bits per heavy atom. The minimum Gasteiger partial charge on any atom is -0.476 e. The van der Waals surface area contributed by atoms with E-state index in [9.17, 15) is 9.59 Å². The molecule has 0 atom stereocenters. The molecule has 98 valence electrons. The lowest BCUT2D eigenvalue weighted by atomic mass is 10.1. The molecular weight excluding hydrogens is 318 g/mol. The van der Waals surface area contributed by atoms with Gasteiger partial charge in [0.2, 0.25) is 17.3 Å². The highest BCUT2D eigenvalue weighted by Crippen LogP contribution is 2.29. The van der Waals surface area contributed by atoms with Crippen LogP contribution in [0.15, 0.2) is 27.1 Å². The lowest BCUT2D eigenvalue weighted by Crippen LogP contribution is -2.05. The van der Waals surface area contributed by atoms with Gasteiger partial charge in [0.15, 0.2) is 0 Å². The molecule has 2 rings (SSSR count). The SMILES string of the molecule is Cc1c(Br)cccc1-c1nc(C(=O)O)c(C(=O)O)o1. The second-order valence-electron chi connectivity index (χ2n) is 3.72. The molecule has 0 unspecified atom stereocenters. The fourth-order valence-electron chi connectivity index (χ4n) is 1.56. The Morgan fingerprint density at radius 3 is 2.47 bits per heavy atom. The topological polar surface area (TPSA) is 101 Å². The summed E-state index contributed by atoms with van der Waals surface area (Å²) >= 11 is 3.32. The van der Waals surface area contributed by atoms with Crippen LogP contribution in [-0.4, -0.2) is 27.1 Å². The molecule has 0 saturated carbocycles. The summed E-state index contributed by atoms with van der Waals surface area (Å²) in [6, 6.07) is 5.19. The summed E-state index contributed by atoms with van der Waals surface area (Å²) in [6.07, 6.45) is 0. The normalized spacial score (nSPS) is 10.4. The predicted molar refractivity (Wildman–Crippen MR) is 68.3 cm³/mol. The van der Waals surface area contributed by atoms with Crippen LogP contribution in [0.3, 0.4) is 0 Å². The molecule has 1 heterocycles. The van der Waals surface area contributed by atoms with Gasteiger partial charge in [0.05, 0.1) is 0 Å². The van der Waals surface area contributed by atoms with Crippen molar-refractivity contribution in [3.05, 3.63) is 39.7 Å². The Bertz CT molecular complexity index is 645. The van der Waals surface area contributed by atoms with Crippen molar-refractivity contribution in [2.75, 3.05) is 0 Å². The summed E-state index contributed by atoms with van der Waals surface area (Å²) in [6.45, 7) is 1.78. The summed E-state index contributed by atoms with van der Waals surface area (Å²) in [7, 11) is 0. The van der Waals surface area contributed by atoms with Gasteiger partial charge in [-0.2, -0.15) is 0 Å². The van der Waals surface area contributed by atoms with Crippen molar-refractivity contribution in [3.63, 3.8) is 0 Å². The first kappa shape index (κ1) is 13.3. The first-order valence-electron chi connectivity index (χ1n) is 5.14. The van der Waals surface area contributed by atoms with Gasteiger partial charge in [0.25, 0.3) is 0 Å². The van der Waals surface area contributed by atoms with E-state index < -0.39 is 23.4 Å². The number of hydrogen-bond acceptors (Lipinski definition) is 4. The summed E-state index contributed by atoms with van der Waals surface area (Å²) in [5, 5.41) is 17.8. The first-order valence-corrected chi connectivity index (χ1v) is 5.94. The third kappa shape index (κ3) is 2.37. The Labute approximate surface area is 115 Å². The third-order valence-electron chi connectivity index (χ3n) is 2.52. The van der Waals surface area contributed by atoms with Gasteiger partial charge in [-0.05, 0) is 24.6 Å². The van der Waals surface area contributed by atoms with Crippen molar-refractivity contribution >= 4 is 27.9 Å². The van der Waals surface area contributed by atoms with Gasteiger partial charge in [0.1, 0.15) is 0 Å². The van der Waals surface area contributed by atoms with Gasteiger partial charge in [-0.25, -0.2) is 14.6 Å². The van der Waals surface area contributed by atoms with Crippen LogP contribution >= 0.6 is 15.9 Å². The molecule has 1 aromatic heterocycles. The monoisotopic (exact) mass is 325 g/mol. The predicted octanol–water partition coefficient (Wildman–Crippen LogP) is 2.81. The van der Waals surface area contributed by atoms with E-state index in [2.05, 4.69) is 20.9 Å². The number of hydrogen-bond donors (Lipinski definition) is 2. The van der Waals surface area contributed by atoms with Crippen LogP contribution in [0.5, 0.6) is 0 Å². The molecule has 0 aliphatic carbocycles. The van der Waals surface area contributed by atoms with Gasteiger partial charge in [-0.15, -0.1) is 0 Å². The fourth-order valence-corrected chi connectivity index (χ4v) is 1.93. The molecule has 0 aliphatic rings. The number of aromatic carboxylic acids is 2. The quantitative estimate of drug-likeness (QED) is 0.899. The molecular formula is C12H8BrNO5. The number of nitrogens with zero attached hydrogens (tertiary/aromatic N) is 1. The largest absolute Gasteiger partial charge is 0.476 e. The van der Waals surface area contributed by atoms with Gasteiger partial charge < -0.3 is 14.6 Å². The number of oxazole rings is 1. The average Bonchev–Trinajstić information content (AvgIpc) is 2.77. The maximum absolute atomic E-state index is 10.9. The van der Waals surface area contributed by atoms with E-state index in [0.717, 1.165) is 10.0 Å². The van der Waals surface area contributed by atoms with E-state index >= 15 is 0 Å². The Kier molecular flexibility index (Phi) is 3.39. The van der Waals surface area contributed by atoms with Crippen LogP contribution in [0.2, 0.25) is 0 Å². The van der Waals surface area contributed by atoms with Crippen LogP contribution in [0.25, 0.3) is 11.5 Å². The van der Waals surface area contributed by atoms with Crippen LogP contribution in [0.1, 0.15) is 26.6 Å². The highest BCUT2D eigenvalue weighted by atomic mass is 79.9. The molecule has 0 saturated heterocycles. The lowest BCUT2D eigenvalue weighted by Gasteiger charge is -2.02. The number of halogens is 1. The maximum atomic E-state index is 10.9.